The van der Waals surface area contributed by atoms with Crippen LogP contribution in [0.15, 0.2) is 0 Å². The highest BCUT2D eigenvalue weighted by Gasteiger charge is 2.49. The number of ketones is 1. The van der Waals surface area contributed by atoms with E-state index in [9.17, 15) is 4.79 Å². The van der Waals surface area contributed by atoms with Crippen LogP contribution in [0, 0.1) is 5.41 Å². The van der Waals surface area contributed by atoms with E-state index in [1.807, 2.05) is 6.92 Å². The number of carbonyl (C=O) groups excluding carboxylic acids is 1. The van der Waals surface area contributed by atoms with Gasteiger partial charge >= 0.3 is 0 Å². The van der Waals surface area contributed by atoms with Gasteiger partial charge in [0.1, 0.15) is 6.10 Å². The van der Waals surface area contributed by atoms with Gasteiger partial charge in [-0.3, -0.25) is 4.79 Å². The Morgan fingerprint density at radius 2 is 2.00 bits per heavy atom. The van der Waals surface area contributed by atoms with E-state index in [1.165, 1.54) is 0 Å². The van der Waals surface area contributed by atoms with Crippen molar-refractivity contribution in [3.63, 3.8) is 0 Å². The van der Waals surface area contributed by atoms with E-state index < -0.39 is 0 Å². The summed E-state index contributed by atoms with van der Waals surface area (Å²) in [6.45, 7) is 7.71. The Hall–Kier alpha value is -0.370. The van der Waals surface area contributed by atoms with Crippen LogP contribution in [0.3, 0.4) is 0 Å². The Balaban J connectivity index is 2.63. The van der Waals surface area contributed by atoms with Crippen molar-refractivity contribution in [2.45, 2.75) is 39.9 Å². The van der Waals surface area contributed by atoms with Gasteiger partial charge in [-0.2, -0.15) is 0 Å². The maximum atomic E-state index is 10.9. The predicted octanol–water partition coefficient (Wildman–Crippen LogP) is 1.39. The first kappa shape index (κ1) is 7.73. The number of hydrogen-bond donors (Lipinski definition) is 0. The van der Waals surface area contributed by atoms with Crippen LogP contribution in [-0.2, 0) is 9.53 Å². The quantitative estimate of drug-likeness (QED) is 0.553. The molecule has 0 N–H and O–H groups in total. The number of rotatable bonds is 1. The second-order valence-corrected chi connectivity index (χ2v) is 3.59. The van der Waals surface area contributed by atoms with Crippen LogP contribution in [0.25, 0.3) is 0 Å². The summed E-state index contributed by atoms with van der Waals surface area (Å²) in [5, 5.41) is 0. The SMILES string of the molecule is CC(=O)C1OC(C)C1(C)C. The smallest absolute Gasteiger partial charge is 0.159 e. The summed E-state index contributed by atoms with van der Waals surface area (Å²) in [7, 11) is 0. The summed E-state index contributed by atoms with van der Waals surface area (Å²) >= 11 is 0. The van der Waals surface area contributed by atoms with Crippen LogP contribution >= 0.6 is 0 Å². The molecular weight excluding hydrogens is 128 g/mol. The van der Waals surface area contributed by atoms with Crippen molar-refractivity contribution in [3.05, 3.63) is 0 Å². The number of ether oxygens (including phenoxy) is 1. The molecular formula is C8H14O2. The second-order valence-electron chi connectivity index (χ2n) is 3.59. The molecule has 1 rings (SSSR count). The van der Waals surface area contributed by atoms with Gasteiger partial charge in [0.25, 0.3) is 0 Å². The highest BCUT2D eigenvalue weighted by Crippen LogP contribution is 2.40. The molecule has 2 nitrogen and oxygen atoms in total. The lowest BCUT2D eigenvalue weighted by Crippen LogP contribution is -2.57. The Bertz CT molecular complexity index is 161. The topological polar surface area (TPSA) is 26.3 Å². The summed E-state index contributed by atoms with van der Waals surface area (Å²) in [6, 6.07) is 0. The molecule has 0 bridgehead atoms. The minimum atomic E-state index is -0.164. The van der Waals surface area contributed by atoms with E-state index in [4.69, 9.17) is 4.74 Å². The fourth-order valence-electron chi connectivity index (χ4n) is 1.32. The molecule has 0 radical (unpaired) electrons. The fourth-order valence-corrected chi connectivity index (χ4v) is 1.32. The molecule has 0 amide bonds. The zero-order valence-electron chi connectivity index (χ0n) is 6.97. The molecule has 58 valence electrons. The predicted molar refractivity (Wildman–Crippen MR) is 38.8 cm³/mol. The average Bonchev–Trinajstić information content (AvgIpc) is 1.82. The lowest BCUT2D eigenvalue weighted by molar-refractivity contribution is -0.219. The first-order valence-electron chi connectivity index (χ1n) is 3.62. The molecule has 1 aliphatic heterocycles. The van der Waals surface area contributed by atoms with Gasteiger partial charge in [-0.1, -0.05) is 13.8 Å². The third-order valence-electron chi connectivity index (χ3n) is 2.43. The van der Waals surface area contributed by atoms with Crippen molar-refractivity contribution >= 4 is 5.78 Å². The third kappa shape index (κ3) is 0.870. The highest BCUT2D eigenvalue weighted by atomic mass is 16.5. The molecule has 0 aromatic heterocycles. The maximum absolute atomic E-state index is 10.9. The van der Waals surface area contributed by atoms with Gasteiger partial charge < -0.3 is 4.74 Å². The van der Waals surface area contributed by atoms with Gasteiger partial charge in [0.05, 0.1) is 6.10 Å². The van der Waals surface area contributed by atoms with Crippen molar-refractivity contribution in [1.29, 1.82) is 0 Å². The van der Waals surface area contributed by atoms with E-state index >= 15 is 0 Å². The van der Waals surface area contributed by atoms with Crippen molar-refractivity contribution in [1.82, 2.24) is 0 Å². The second kappa shape index (κ2) is 2.06. The molecule has 1 fully saturated rings. The average molecular weight is 142 g/mol. The van der Waals surface area contributed by atoms with Crippen LogP contribution in [0.5, 0.6) is 0 Å². The lowest BCUT2D eigenvalue weighted by Gasteiger charge is -2.49. The molecule has 1 aliphatic rings. The van der Waals surface area contributed by atoms with E-state index in [1.54, 1.807) is 6.92 Å². The zero-order valence-corrected chi connectivity index (χ0v) is 6.97. The molecule has 2 atom stereocenters. The van der Waals surface area contributed by atoms with Crippen molar-refractivity contribution in [2.75, 3.05) is 0 Å². The van der Waals surface area contributed by atoms with E-state index in [0.717, 1.165) is 0 Å². The summed E-state index contributed by atoms with van der Waals surface area (Å²) in [5.74, 6) is 0.142. The number of hydrogen-bond acceptors (Lipinski definition) is 2. The van der Waals surface area contributed by atoms with Gasteiger partial charge in [0.15, 0.2) is 5.78 Å². The third-order valence-corrected chi connectivity index (χ3v) is 2.43. The van der Waals surface area contributed by atoms with E-state index in [-0.39, 0.29) is 23.4 Å². The Morgan fingerprint density at radius 3 is 2.10 bits per heavy atom. The van der Waals surface area contributed by atoms with Crippen molar-refractivity contribution in [2.24, 2.45) is 5.41 Å². The molecule has 1 heterocycles. The molecule has 0 aromatic carbocycles. The largest absolute Gasteiger partial charge is 0.366 e. The fraction of sp³-hybridized carbons (Fsp3) is 0.875. The standard InChI is InChI=1S/C8H14O2/c1-5(9)7-8(3,4)6(2)10-7/h6-7H,1-4H3. The van der Waals surface area contributed by atoms with Gasteiger partial charge in [0.2, 0.25) is 0 Å². The molecule has 0 saturated carbocycles. The number of carbonyl (C=O) groups is 1. The molecule has 2 unspecified atom stereocenters. The first-order valence-corrected chi connectivity index (χ1v) is 3.62. The van der Waals surface area contributed by atoms with Gasteiger partial charge in [-0.15, -0.1) is 0 Å². The monoisotopic (exact) mass is 142 g/mol. The van der Waals surface area contributed by atoms with E-state index in [2.05, 4.69) is 13.8 Å². The molecule has 10 heavy (non-hydrogen) atoms. The van der Waals surface area contributed by atoms with Crippen LogP contribution in [0.4, 0.5) is 0 Å². The van der Waals surface area contributed by atoms with E-state index in [0.29, 0.717) is 0 Å². The highest BCUT2D eigenvalue weighted by molar-refractivity contribution is 5.82. The maximum Gasteiger partial charge on any atom is 0.159 e. The van der Waals surface area contributed by atoms with Gasteiger partial charge in [-0.05, 0) is 13.8 Å². The molecule has 0 spiro atoms. The molecule has 0 aromatic rings. The Morgan fingerprint density at radius 1 is 1.50 bits per heavy atom. The van der Waals surface area contributed by atoms with Crippen molar-refractivity contribution in [3.8, 4) is 0 Å². The van der Waals surface area contributed by atoms with Crippen LogP contribution in [0.2, 0.25) is 0 Å². The Kier molecular flexibility index (Phi) is 1.59. The summed E-state index contributed by atoms with van der Waals surface area (Å²) in [4.78, 5) is 10.9. The van der Waals surface area contributed by atoms with Crippen LogP contribution in [0.1, 0.15) is 27.7 Å². The minimum absolute atomic E-state index is 0.0475. The Labute approximate surface area is 61.6 Å². The first-order chi connectivity index (χ1) is 4.46. The van der Waals surface area contributed by atoms with Gasteiger partial charge in [0, 0.05) is 5.41 Å². The summed E-state index contributed by atoms with van der Waals surface area (Å²) < 4.78 is 5.27. The number of Topliss-reactive ketones (excluding diaryl/α,β-unsaturated/α-hetero) is 1. The molecule has 1 saturated heterocycles. The summed E-state index contributed by atoms with van der Waals surface area (Å²) in [5.41, 5.74) is 0.0475. The molecule has 0 aliphatic carbocycles. The lowest BCUT2D eigenvalue weighted by atomic mass is 9.74. The van der Waals surface area contributed by atoms with Crippen LogP contribution in [-0.4, -0.2) is 18.0 Å². The van der Waals surface area contributed by atoms with Gasteiger partial charge in [-0.25, -0.2) is 0 Å². The van der Waals surface area contributed by atoms with Crippen LogP contribution < -0.4 is 0 Å². The minimum Gasteiger partial charge on any atom is -0.366 e. The molecule has 2 heteroatoms. The zero-order chi connectivity index (χ0) is 7.94. The van der Waals surface area contributed by atoms with Crippen molar-refractivity contribution < 1.29 is 9.53 Å². The summed E-state index contributed by atoms with van der Waals surface area (Å²) in [6.07, 6.45) is 0.0592. The normalized spacial score (nSPS) is 36.8.